The number of nitrogens with one attached hydrogen (secondary N) is 1. The van der Waals surface area contributed by atoms with Gasteiger partial charge in [-0.3, -0.25) is 9.59 Å². The third-order valence-corrected chi connectivity index (χ3v) is 4.66. The second-order valence-electron chi connectivity index (χ2n) is 6.56. The molecule has 1 aliphatic heterocycles. The number of carbonyl (C=O) groups is 2. The first-order valence-corrected chi connectivity index (χ1v) is 8.66. The number of benzene rings is 1. The first-order valence-electron chi connectivity index (χ1n) is 8.66. The highest BCUT2D eigenvalue weighted by Crippen LogP contribution is 2.32. The monoisotopic (exact) mass is 374 g/mol. The van der Waals surface area contributed by atoms with E-state index in [0.29, 0.717) is 35.6 Å². The quantitative estimate of drug-likeness (QED) is 0.791. The Morgan fingerprint density at radius 2 is 2.00 bits per heavy atom. The molecule has 2 amide bonds. The zero-order valence-electron chi connectivity index (χ0n) is 14.8. The fraction of sp³-hybridized carbons (Fsp3) is 0.316. The Hall–Kier alpha value is -3.03. The van der Waals surface area contributed by atoms with Gasteiger partial charge in [0.05, 0.1) is 17.9 Å². The van der Waals surface area contributed by atoms with Crippen molar-refractivity contribution in [2.24, 2.45) is 0 Å². The van der Waals surface area contributed by atoms with Crippen molar-refractivity contribution in [3.63, 3.8) is 0 Å². The van der Waals surface area contributed by atoms with Crippen molar-refractivity contribution in [2.45, 2.75) is 32.2 Å². The van der Waals surface area contributed by atoms with Crippen molar-refractivity contribution >= 4 is 23.3 Å². The second kappa shape index (κ2) is 7.69. The average Bonchev–Trinajstić information content (AvgIpc) is 2.66. The summed E-state index contributed by atoms with van der Waals surface area (Å²) in [6.45, 7) is 2.11. The second-order valence-corrected chi connectivity index (χ2v) is 6.56. The lowest BCUT2D eigenvalue weighted by molar-refractivity contribution is -0.145. The van der Waals surface area contributed by atoms with Gasteiger partial charge < -0.3 is 16.0 Å². The van der Waals surface area contributed by atoms with Crippen LogP contribution in [-0.4, -0.2) is 28.2 Å². The summed E-state index contributed by atoms with van der Waals surface area (Å²) >= 11 is 0. The van der Waals surface area contributed by atoms with Crippen LogP contribution in [0.15, 0.2) is 30.5 Å². The van der Waals surface area contributed by atoms with Gasteiger partial charge in [0.25, 0.3) is 0 Å². The Morgan fingerprint density at radius 1 is 1.22 bits per heavy atom. The molecule has 1 aromatic heterocycles. The van der Waals surface area contributed by atoms with E-state index < -0.39 is 29.5 Å². The maximum absolute atomic E-state index is 13.6. The molecule has 27 heavy (non-hydrogen) atoms. The van der Waals surface area contributed by atoms with E-state index in [0.717, 1.165) is 25.0 Å². The van der Waals surface area contributed by atoms with Crippen molar-refractivity contribution in [3.05, 3.63) is 53.2 Å². The minimum Gasteiger partial charge on any atom is -0.383 e. The van der Waals surface area contributed by atoms with Crippen LogP contribution in [-0.2, 0) is 9.59 Å². The van der Waals surface area contributed by atoms with Crippen LogP contribution in [0, 0.1) is 18.6 Å². The Kier molecular flexibility index (Phi) is 5.34. The van der Waals surface area contributed by atoms with E-state index in [1.54, 1.807) is 13.0 Å². The largest absolute Gasteiger partial charge is 0.383 e. The van der Waals surface area contributed by atoms with E-state index in [2.05, 4.69) is 10.3 Å². The number of aromatic nitrogens is 1. The van der Waals surface area contributed by atoms with Crippen LogP contribution in [0.5, 0.6) is 0 Å². The van der Waals surface area contributed by atoms with Gasteiger partial charge in [-0.15, -0.1) is 0 Å². The lowest BCUT2D eigenvalue weighted by Crippen LogP contribution is -2.44. The molecular weight excluding hydrogens is 354 g/mol. The van der Waals surface area contributed by atoms with E-state index in [-0.39, 0.29) is 0 Å². The molecular formula is C19H20F2N4O2. The topological polar surface area (TPSA) is 88.3 Å². The number of hydrogen-bond acceptors (Lipinski definition) is 4. The van der Waals surface area contributed by atoms with Gasteiger partial charge in [0, 0.05) is 6.54 Å². The highest BCUT2D eigenvalue weighted by atomic mass is 19.2. The van der Waals surface area contributed by atoms with Crippen LogP contribution in [0.2, 0.25) is 0 Å². The number of anilines is 2. The summed E-state index contributed by atoms with van der Waals surface area (Å²) in [6.07, 6.45) is 3.51. The van der Waals surface area contributed by atoms with Crippen LogP contribution in [0.3, 0.4) is 0 Å². The predicted molar refractivity (Wildman–Crippen MR) is 96.7 cm³/mol. The van der Waals surface area contributed by atoms with Crippen LogP contribution >= 0.6 is 0 Å². The first kappa shape index (κ1) is 18.8. The van der Waals surface area contributed by atoms with Gasteiger partial charge in [-0.25, -0.2) is 13.8 Å². The summed E-state index contributed by atoms with van der Waals surface area (Å²) in [5, 5.41) is 2.52. The third-order valence-electron chi connectivity index (χ3n) is 4.66. The molecule has 1 aromatic carbocycles. The lowest BCUT2D eigenvalue weighted by Gasteiger charge is -2.35. The van der Waals surface area contributed by atoms with E-state index in [4.69, 9.17) is 5.73 Å². The van der Waals surface area contributed by atoms with E-state index in [1.165, 1.54) is 17.2 Å². The third kappa shape index (κ3) is 4.05. The Morgan fingerprint density at radius 3 is 2.70 bits per heavy atom. The molecule has 142 valence electrons. The normalized spacial score (nSPS) is 16.9. The molecule has 0 saturated carbocycles. The van der Waals surface area contributed by atoms with Crippen LogP contribution in [0.25, 0.3) is 0 Å². The molecule has 0 spiro atoms. The fourth-order valence-corrected chi connectivity index (χ4v) is 3.21. The molecule has 0 radical (unpaired) electrons. The smallest absolute Gasteiger partial charge is 0.313 e. The summed E-state index contributed by atoms with van der Waals surface area (Å²) in [5.74, 6) is -3.11. The molecule has 0 unspecified atom stereocenters. The van der Waals surface area contributed by atoms with Gasteiger partial charge in [0.1, 0.15) is 5.82 Å². The van der Waals surface area contributed by atoms with Crippen LogP contribution < -0.4 is 11.1 Å². The van der Waals surface area contributed by atoms with Crippen LogP contribution in [0.1, 0.15) is 36.4 Å². The van der Waals surface area contributed by atoms with Gasteiger partial charge in [-0.2, -0.15) is 0 Å². The number of amides is 2. The molecule has 3 rings (SSSR count). The van der Waals surface area contributed by atoms with E-state index in [1.807, 2.05) is 0 Å². The standard InChI is InChI=1S/C19H20F2N4O2/c1-11-8-13(10-23-17(11)22)24-18(26)19(27)25-7-3-2-4-16(25)12-5-6-14(20)15(21)9-12/h5-6,8-10,16H,2-4,7H2,1H3,(H2,22,23)(H,24,26)/t16-/m0/s1. The zero-order valence-corrected chi connectivity index (χ0v) is 14.8. The first-order chi connectivity index (χ1) is 12.9. The minimum absolute atomic E-state index is 0.341. The van der Waals surface area contributed by atoms with Gasteiger partial charge in [0.15, 0.2) is 11.6 Å². The zero-order chi connectivity index (χ0) is 19.6. The minimum atomic E-state index is -0.974. The number of rotatable bonds is 2. The summed E-state index contributed by atoms with van der Waals surface area (Å²) in [6, 6.07) is 4.70. The van der Waals surface area contributed by atoms with Gasteiger partial charge in [-0.05, 0) is 55.5 Å². The van der Waals surface area contributed by atoms with Crippen molar-refractivity contribution in [2.75, 3.05) is 17.6 Å². The molecule has 1 fully saturated rings. The maximum Gasteiger partial charge on any atom is 0.313 e. The number of carbonyl (C=O) groups excluding carboxylic acids is 2. The molecule has 1 aliphatic rings. The number of piperidine rings is 1. The molecule has 2 aromatic rings. The molecule has 6 nitrogen and oxygen atoms in total. The molecule has 0 bridgehead atoms. The molecule has 3 N–H and O–H groups in total. The lowest BCUT2D eigenvalue weighted by atomic mass is 9.95. The fourth-order valence-electron chi connectivity index (χ4n) is 3.21. The summed E-state index contributed by atoms with van der Waals surface area (Å²) in [5.41, 5.74) is 7.16. The number of halogens is 2. The van der Waals surface area contributed by atoms with Crippen LogP contribution in [0.4, 0.5) is 20.3 Å². The predicted octanol–water partition coefficient (Wildman–Crippen LogP) is 2.94. The van der Waals surface area contributed by atoms with E-state index in [9.17, 15) is 18.4 Å². The van der Waals surface area contributed by atoms with Gasteiger partial charge in [-0.1, -0.05) is 6.07 Å². The molecule has 2 heterocycles. The van der Waals surface area contributed by atoms with Crippen molar-refractivity contribution in [1.82, 2.24) is 9.88 Å². The molecule has 1 saturated heterocycles. The number of nitrogens with zero attached hydrogens (tertiary/aromatic N) is 2. The van der Waals surface area contributed by atoms with Crippen molar-refractivity contribution in [3.8, 4) is 0 Å². The van der Waals surface area contributed by atoms with Crippen molar-refractivity contribution in [1.29, 1.82) is 0 Å². The number of likely N-dealkylation sites (tertiary alicyclic amines) is 1. The number of pyridine rings is 1. The number of nitrogen functional groups attached to an aromatic ring is 1. The Labute approximate surface area is 155 Å². The maximum atomic E-state index is 13.6. The van der Waals surface area contributed by atoms with Crippen molar-refractivity contribution < 1.29 is 18.4 Å². The number of nitrogens with two attached hydrogens (primary N) is 1. The number of aryl methyl sites for hydroxylation is 1. The number of hydrogen-bond donors (Lipinski definition) is 2. The molecule has 0 aliphatic carbocycles. The van der Waals surface area contributed by atoms with E-state index >= 15 is 0 Å². The molecule has 8 heteroatoms. The summed E-state index contributed by atoms with van der Waals surface area (Å²) < 4.78 is 26.8. The highest BCUT2D eigenvalue weighted by molar-refractivity contribution is 6.39. The Balaban J connectivity index is 1.78. The summed E-state index contributed by atoms with van der Waals surface area (Å²) in [7, 11) is 0. The highest BCUT2D eigenvalue weighted by Gasteiger charge is 2.32. The average molecular weight is 374 g/mol. The van der Waals surface area contributed by atoms with Gasteiger partial charge >= 0.3 is 11.8 Å². The SMILES string of the molecule is Cc1cc(NC(=O)C(=O)N2CCCC[C@H]2c2ccc(F)c(F)c2)cnc1N. The summed E-state index contributed by atoms with van der Waals surface area (Å²) in [4.78, 5) is 30.5. The Bertz CT molecular complexity index is 888. The van der Waals surface area contributed by atoms with Gasteiger partial charge in [0.2, 0.25) is 0 Å². The molecule has 1 atom stereocenters.